The Balaban J connectivity index is 2.15. The van der Waals surface area contributed by atoms with E-state index in [0.29, 0.717) is 29.3 Å². The van der Waals surface area contributed by atoms with Gasteiger partial charge in [-0.3, -0.25) is 4.79 Å². The number of carbonyl (C=O) groups is 1. The Morgan fingerprint density at radius 2 is 2.22 bits per heavy atom. The van der Waals surface area contributed by atoms with Gasteiger partial charge in [-0.25, -0.2) is 0 Å². The molecular formula is C12H13ClN2O2S. The quantitative estimate of drug-likeness (QED) is 0.833. The Labute approximate surface area is 115 Å². The number of anilines is 1. The fourth-order valence-electron chi connectivity index (χ4n) is 1.70. The van der Waals surface area contributed by atoms with Crippen LogP contribution in [0.25, 0.3) is 0 Å². The van der Waals surface area contributed by atoms with Crippen LogP contribution >= 0.6 is 23.8 Å². The lowest BCUT2D eigenvalue weighted by Crippen LogP contribution is -2.34. The van der Waals surface area contributed by atoms with E-state index in [0.717, 1.165) is 0 Å². The van der Waals surface area contributed by atoms with Crippen molar-refractivity contribution in [1.82, 2.24) is 0 Å². The molecule has 0 saturated heterocycles. The highest BCUT2D eigenvalue weighted by atomic mass is 35.5. The highest BCUT2D eigenvalue weighted by Crippen LogP contribution is 2.47. The molecule has 0 heterocycles. The number of thiocarbonyl (C=S) groups is 1. The topological polar surface area (TPSA) is 64.3 Å². The van der Waals surface area contributed by atoms with Crippen LogP contribution in [0.1, 0.15) is 12.8 Å². The van der Waals surface area contributed by atoms with Crippen molar-refractivity contribution in [1.29, 1.82) is 0 Å². The van der Waals surface area contributed by atoms with Gasteiger partial charge >= 0.3 is 0 Å². The highest BCUT2D eigenvalue weighted by Gasteiger charge is 2.52. The molecule has 1 fully saturated rings. The van der Waals surface area contributed by atoms with Gasteiger partial charge in [-0.15, -0.1) is 0 Å². The molecule has 0 atom stereocenters. The molecule has 0 spiro atoms. The van der Waals surface area contributed by atoms with Gasteiger partial charge in [0.2, 0.25) is 5.91 Å². The van der Waals surface area contributed by atoms with Gasteiger partial charge in [-0.2, -0.15) is 0 Å². The minimum Gasteiger partial charge on any atom is -0.495 e. The summed E-state index contributed by atoms with van der Waals surface area (Å²) < 4.78 is 5.08. The zero-order valence-electron chi connectivity index (χ0n) is 9.83. The van der Waals surface area contributed by atoms with E-state index in [1.54, 1.807) is 18.2 Å². The van der Waals surface area contributed by atoms with E-state index in [-0.39, 0.29) is 10.9 Å². The normalized spacial score (nSPS) is 15.9. The van der Waals surface area contributed by atoms with Crippen LogP contribution in [0.15, 0.2) is 18.2 Å². The third-order valence-corrected chi connectivity index (χ3v) is 3.77. The summed E-state index contributed by atoms with van der Waals surface area (Å²) in [5.41, 5.74) is 5.54. The van der Waals surface area contributed by atoms with Crippen LogP contribution in [0.3, 0.4) is 0 Å². The van der Waals surface area contributed by atoms with E-state index in [1.165, 1.54) is 7.11 Å². The fourth-order valence-corrected chi connectivity index (χ4v) is 2.19. The number of amides is 1. The molecule has 1 aromatic carbocycles. The highest BCUT2D eigenvalue weighted by molar-refractivity contribution is 7.80. The van der Waals surface area contributed by atoms with Crippen LogP contribution < -0.4 is 15.8 Å². The molecule has 0 aliphatic heterocycles. The van der Waals surface area contributed by atoms with Gasteiger partial charge in [0.15, 0.2) is 0 Å². The van der Waals surface area contributed by atoms with Crippen LogP contribution in [0.4, 0.5) is 5.69 Å². The first kappa shape index (κ1) is 13.1. The van der Waals surface area contributed by atoms with E-state index < -0.39 is 5.41 Å². The van der Waals surface area contributed by atoms with Crippen molar-refractivity contribution in [2.24, 2.45) is 11.1 Å². The number of halogens is 1. The molecule has 18 heavy (non-hydrogen) atoms. The van der Waals surface area contributed by atoms with Gasteiger partial charge in [-0.05, 0) is 25.0 Å². The second-order valence-corrected chi connectivity index (χ2v) is 5.10. The zero-order chi connectivity index (χ0) is 13.3. The first-order chi connectivity index (χ1) is 8.49. The molecule has 0 radical (unpaired) electrons. The summed E-state index contributed by atoms with van der Waals surface area (Å²) in [4.78, 5) is 12.3. The molecular weight excluding hydrogens is 272 g/mol. The number of methoxy groups -OCH3 is 1. The monoisotopic (exact) mass is 284 g/mol. The summed E-state index contributed by atoms with van der Waals surface area (Å²) in [7, 11) is 1.52. The molecule has 96 valence electrons. The first-order valence-electron chi connectivity index (χ1n) is 5.44. The number of ether oxygens (including phenoxy) is 1. The molecule has 2 rings (SSSR count). The largest absolute Gasteiger partial charge is 0.495 e. The molecule has 0 aromatic heterocycles. The van der Waals surface area contributed by atoms with E-state index in [9.17, 15) is 4.79 Å². The summed E-state index contributed by atoms with van der Waals surface area (Å²) in [6.45, 7) is 0. The molecule has 1 aromatic rings. The fraction of sp³-hybridized carbons (Fsp3) is 0.333. The van der Waals surface area contributed by atoms with Gasteiger partial charge in [0.25, 0.3) is 0 Å². The van der Waals surface area contributed by atoms with Crippen molar-refractivity contribution >= 4 is 40.4 Å². The Morgan fingerprint density at radius 3 is 2.72 bits per heavy atom. The lowest BCUT2D eigenvalue weighted by atomic mass is 10.1. The predicted octanol–water partition coefficient (Wildman–Crippen LogP) is 2.35. The van der Waals surface area contributed by atoms with E-state index in [2.05, 4.69) is 5.32 Å². The van der Waals surface area contributed by atoms with E-state index in [1.807, 2.05) is 0 Å². The summed E-state index contributed by atoms with van der Waals surface area (Å²) in [5, 5.41) is 3.27. The third kappa shape index (κ3) is 2.28. The Kier molecular flexibility index (Phi) is 3.45. The number of rotatable bonds is 4. The molecule has 0 bridgehead atoms. The molecule has 0 unspecified atom stereocenters. The minimum atomic E-state index is -0.664. The summed E-state index contributed by atoms with van der Waals surface area (Å²) in [5.74, 6) is 0.342. The van der Waals surface area contributed by atoms with Gasteiger partial charge in [0.05, 0.1) is 22.5 Å². The van der Waals surface area contributed by atoms with Gasteiger partial charge < -0.3 is 15.8 Å². The van der Waals surface area contributed by atoms with Crippen LogP contribution in [-0.2, 0) is 4.79 Å². The Bertz CT molecular complexity index is 515. The van der Waals surface area contributed by atoms with Crippen LogP contribution in [0.5, 0.6) is 5.75 Å². The maximum absolute atomic E-state index is 12.1. The van der Waals surface area contributed by atoms with Crippen LogP contribution in [0.2, 0.25) is 5.02 Å². The van der Waals surface area contributed by atoms with Crippen molar-refractivity contribution < 1.29 is 9.53 Å². The van der Waals surface area contributed by atoms with Crippen LogP contribution in [0, 0.1) is 5.41 Å². The summed E-state index contributed by atoms with van der Waals surface area (Å²) in [6, 6.07) is 5.03. The minimum absolute atomic E-state index is 0.167. The smallest absolute Gasteiger partial charge is 0.237 e. The lowest BCUT2D eigenvalue weighted by molar-refractivity contribution is -0.118. The SMILES string of the molecule is COc1cc(NC(=O)C2(C(N)=S)CC2)ccc1Cl. The molecule has 4 nitrogen and oxygen atoms in total. The van der Waals surface area contributed by atoms with Crippen LogP contribution in [-0.4, -0.2) is 18.0 Å². The van der Waals surface area contributed by atoms with Gasteiger partial charge in [0.1, 0.15) is 5.75 Å². The van der Waals surface area contributed by atoms with E-state index >= 15 is 0 Å². The Hall–Kier alpha value is -1.33. The zero-order valence-corrected chi connectivity index (χ0v) is 11.4. The number of carbonyl (C=O) groups excluding carboxylic acids is 1. The van der Waals surface area contributed by atoms with Crippen molar-refractivity contribution in [3.63, 3.8) is 0 Å². The molecule has 3 N–H and O–H groups in total. The van der Waals surface area contributed by atoms with Crippen molar-refractivity contribution in [2.45, 2.75) is 12.8 Å². The van der Waals surface area contributed by atoms with Crippen molar-refractivity contribution in [2.75, 3.05) is 12.4 Å². The number of nitrogens with one attached hydrogen (secondary N) is 1. The number of nitrogens with two attached hydrogens (primary N) is 1. The molecule has 1 aliphatic carbocycles. The molecule has 1 saturated carbocycles. The lowest BCUT2D eigenvalue weighted by Gasteiger charge is -2.14. The van der Waals surface area contributed by atoms with Gasteiger partial charge in [-0.1, -0.05) is 23.8 Å². The molecule has 1 amide bonds. The number of hydrogen-bond acceptors (Lipinski definition) is 3. The summed E-state index contributed by atoms with van der Waals surface area (Å²) in [6.07, 6.45) is 1.41. The van der Waals surface area contributed by atoms with Crippen molar-refractivity contribution in [3.05, 3.63) is 23.2 Å². The maximum Gasteiger partial charge on any atom is 0.237 e. The number of hydrogen-bond donors (Lipinski definition) is 2. The standard InChI is InChI=1S/C12H13ClN2O2S/c1-17-9-6-7(2-3-8(9)13)15-11(16)12(4-5-12)10(14)18/h2-3,6H,4-5H2,1H3,(H2,14,18)(H,15,16). The third-order valence-electron chi connectivity index (χ3n) is 3.07. The Morgan fingerprint density at radius 1 is 1.56 bits per heavy atom. The average Bonchev–Trinajstić information content (AvgIpc) is 3.12. The van der Waals surface area contributed by atoms with Gasteiger partial charge in [0, 0.05) is 11.8 Å². The maximum atomic E-state index is 12.1. The predicted molar refractivity (Wildman–Crippen MR) is 75.1 cm³/mol. The summed E-state index contributed by atoms with van der Waals surface area (Å²) >= 11 is 10.8. The van der Waals surface area contributed by atoms with Crippen molar-refractivity contribution in [3.8, 4) is 5.75 Å². The van der Waals surface area contributed by atoms with E-state index in [4.69, 9.17) is 34.3 Å². The average molecular weight is 285 g/mol. The molecule has 6 heteroatoms. The second-order valence-electron chi connectivity index (χ2n) is 4.25. The molecule has 1 aliphatic rings. The second kappa shape index (κ2) is 4.74. The first-order valence-corrected chi connectivity index (χ1v) is 6.23. The number of benzene rings is 1.